The predicted octanol–water partition coefficient (Wildman–Crippen LogP) is 4.40. The topological polar surface area (TPSA) is 40.5 Å². The van der Waals surface area contributed by atoms with Crippen LogP contribution in [0.5, 0.6) is 0 Å². The summed E-state index contributed by atoms with van der Waals surface area (Å²) in [5, 5.41) is 23.7. The van der Waals surface area contributed by atoms with Gasteiger partial charge in [0.1, 0.15) is 17.3 Å². The number of fused-ring (bicyclic) bond motifs is 2. The lowest BCUT2D eigenvalue weighted by Gasteiger charge is -2.13. The minimum absolute atomic E-state index is 0.0125. The van der Waals surface area contributed by atoms with Gasteiger partial charge in [0.15, 0.2) is 0 Å². The first-order chi connectivity index (χ1) is 12.8. The molecule has 0 aliphatic heterocycles. The van der Waals surface area contributed by atoms with Gasteiger partial charge in [-0.1, -0.05) is 48.5 Å². The Balaban J connectivity index is 0.000000465. The summed E-state index contributed by atoms with van der Waals surface area (Å²) < 4.78 is 39.0. The van der Waals surface area contributed by atoms with Crippen LogP contribution in [0.15, 0.2) is 54.6 Å². The second-order valence-electron chi connectivity index (χ2n) is 5.90. The first-order valence-corrected chi connectivity index (χ1v) is 10.2. The van der Waals surface area contributed by atoms with Gasteiger partial charge in [-0.3, -0.25) is 0 Å². The van der Waals surface area contributed by atoms with Crippen molar-refractivity contribution in [1.82, 2.24) is 0 Å². The molecule has 0 amide bonds. The number of hydrogen-bond acceptors (Lipinski definition) is 2. The monoisotopic (exact) mass is 400 g/mol. The molecule has 0 spiro atoms. The van der Waals surface area contributed by atoms with Gasteiger partial charge in [-0.15, -0.1) is 0 Å². The maximum Gasteiger partial charge on any atom is 0.673 e. The highest BCUT2D eigenvalue weighted by Gasteiger charge is 2.21. The number of hydrogen-bond donors (Lipinski definition) is 2. The summed E-state index contributed by atoms with van der Waals surface area (Å²) in [5.41, 5.74) is 1.35. The molecular formula is C19H21BF4O2S. The number of aliphatic hydroxyl groups excluding tert-OH is 2. The fourth-order valence-corrected chi connectivity index (χ4v) is 4.70. The van der Waals surface area contributed by atoms with Crippen molar-refractivity contribution >= 4 is 39.7 Å². The molecule has 2 nitrogen and oxygen atoms in total. The summed E-state index contributed by atoms with van der Waals surface area (Å²) in [6.07, 6.45) is 0. The zero-order valence-electron chi connectivity index (χ0n) is 14.6. The van der Waals surface area contributed by atoms with Crippen molar-refractivity contribution < 1.29 is 27.5 Å². The molecule has 0 aliphatic rings. The minimum Gasteiger partial charge on any atom is -0.418 e. The van der Waals surface area contributed by atoms with Crippen LogP contribution in [0.4, 0.5) is 17.3 Å². The molecule has 0 unspecified atom stereocenters. The summed E-state index contributed by atoms with van der Waals surface area (Å²) in [6, 6.07) is 19.2. The molecule has 0 atom stereocenters. The van der Waals surface area contributed by atoms with Crippen LogP contribution in [0, 0.1) is 0 Å². The van der Waals surface area contributed by atoms with Crippen molar-refractivity contribution in [2.75, 3.05) is 24.7 Å². The lowest BCUT2D eigenvalue weighted by molar-refractivity contribution is 0.316. The predicted molar refractivity (Wildman–Crippen MR) is 107 cm³/mol. The molecule has 0 bridgehead atoms. The van der Waals surface area contributed by atoms with Crippen LogP contribution in [-0.4, -0.2) is 42.2 Å². The Kier molecular flexibility index (Phi) is 7.95. The maximum absolute atomic E-state index is 9.75. The Labute approximate surface area is 158 Å². The maximum atomic E-state index is 9.75. The quantitative estimate of drug-likeness (QED) is 0.279. The van der Waals surface area contributed by atoms with E-state index < -0.39 is 7.25 Å². The number of aliphatic hydroxyl groups is 2. The van der Waals surface area contributed by atoms with E-state index in [2.05, 4.69) is 54.6 Å². The highest BCUT2D eigenvalue weighted by atomic mass is 32.2. The van der Waals surface area contributed by atoms with E-state index in [0.29, 0.717) is 0 Å². The fourth-order valence-electron chi connectivity index (χ4n) is 2.97. The third-order valence-electron chi connectivity index (χ3n) is 3.99. The molecule has 0 aliphatic carbocycles. The zero-order chi connectivity index (χ0) is 19.9. The average Bonchev–Trinajstić information content (AvgIpc) is 2.60. The van der Waals surface area contributed by atoms with Crippen molar-refractivity contribution in [2.45, 2.75) is 5.75 Å². The van der Waals surface area contributed by atoms with Gasteiger partial charge in [-0.25, -0.2) is 0 Å². The molecule has 3 rings (SSSR count). The molecular weight excluding hydrogens is 379 g/mol. The summed E-state index contributed by atoms with van der Waals surface area (Å²) in [6.45, 7) is 0.373. The molecule has 27 heavy (non-hydrogen) atoms. The average molecular weight is 400 g/mol. The molecule has 0 fully saturated rings. The zero-order valence-corrected chi connectivity index (χ0v) is 15.4. The van der Waals surface area contributed by atoms with Gasteiger partial charge in [0.05, 0.1) is 13.2 Å². The SMILES string of the molecule is F[B-](F)(F)F.OCC[S+](CCO)Cc1c2ccccc2cc2ccccc12. The van der Waals surface area contributed by atoms with E-state index in [-0.39, 0.29) is 24.1 Å². The molecule has 3 aromatic carbocycles. The molecule has 0 saturated heterocycles. The molecule has 146 valence electrons. The molecule has 8 heteroatoms. The van der Waals surface area contributed by atoms with Crippen molar-refractivity contribution in [3.05, 3.63) is 60.2 Å². The van der Waals surface area contributed by atoms with E-state index in [1.807, 2.05) is 0 Å². The van der Waals surface area contributed by atoms with Gasteiger partial charge in [0.25, 0.3) is 0 Å². The van der Waals surface area contributed by atoms with Crippen LogP contribution in [-0.2, 0) is 16.6 Å². The van der Waals surface area contributed by atoms with E-state index in [1.165, 1.54) is 27.1 Å². The van der Waals surface area contributed by atoms with Crippen LogP contribution >= 0.6 is 0 Å². The minimum atomic E-state index is -6.00. The Morgan fingerprint density at radius 3 is 1.56 bits per heavy atom. The van der Waals surface area contributed by atoms with E-state index in [1.54, 1.807) is 0 Å². The smallest absolute Gasteiger partial charge is 0.418 e. The van der Waals surface area contributed by atoms with Crippen molar-refractivity contribution in [3.63, 3.8) is 0 Å². The summed E-state index contributed by atoms with van der Waals surface area (Å²) in [7, 11) is -5.99. The van der Waals surface area contributed by atoms with Crippen molar-refractivity contribution in [2.24, 2.45) is 0 Å². The second-order valence-corrected chi connectivity index (χ2v) is 8.23. The third-order valence-corrected chi connectivity index (χ3v) is 6.21. The molecule has 0 heterocycles. The number of rotatable bonds is 6. The van der Waals surface area contributed by atoms with Gasteiger partial charge in [0, 0.05) is 5.56 Å². The van der Waals surface area contributed by atoms with E-state index in [4.69, 9.17) is 0 Å². The number of halogens is 4. The standard InChI is InChI=1S/C19H21O2S.BF4/c20-9-11-22(12-10-21)14-19-17-7-3-1-5-15(17)13-16-6-2-4-8-18(16)19;2-1(3,4)5/h1-8,13,20-21H,9-12,14H2;/q+1;-1. The molecule has 2 N–H and O–H groups in total. The normalized spacial score (nSPS) is 11.7. The number of benzene rings is 3. The second kappa shape index (κ2) is 9.96. The first-order valence-electron chi connectivity index (χ1n) is 8.46. The summed E-state index contributed by atoms with van der Waals surface area (Å²) in [4.78, 5) is 0. The summed E-state index contributed by atoms with van der Waals surface area (Å²) >= 11 is 0. The largest absolute Gasteiger partial charge is 0.673 e. The lowest BCUT2D eigenvalue weighted by atomic mass is 9.98. The molecule has 0 radical (unpaired) electrons. The van der Waals surface area contributed by atoms with Gasteiger partial charge in [-0.2, -0.15) is 0 Å². The van der Waals surface area contributed by atoms with E-state index in [0.717, 1.165) is 17.3 Å². The Bertz CT molecular complexity index is 807. The van der Waals surface area contributed by atoms with Gasteiger partial charge >= 0.3 is 7.25 Å². The highest BCUT2D eigenvalue weighted by Crippen LogP contribution is 2.30. The van der Waals surface area contributed by atoms with Gasteiger partial charge < -0.3 is 27.5 Å². The van der Waals surface area contributed by atoms with Crippen molar-refractivity contribution in [3.8, 4) is 0 Å². The molecule has 3 aromatic rings. The van der Waals surface area contributed by atoms with E-state index >= 15 is 0 Å². The molecule has 0 saturated carbocycles. The fraction of sp³-hybridized carbons (Fsp3) is 0.263. The third kappa shape index (κ3) is 6.72. The van der Waals surface area contributed by atoms with E-state index in [9.17, 15) is 27.5 Å². The Morgan fingerprint density at radius 1 is 0.741 bits per heavy atom. The van der Waals surface area contributed by atoms with Crippen LogP contribution in [0.25, 0.3) is 21.5 Å². The summed E-state index contributed by atoms with van der Waals surface area (Å²) in [5.74, 6) is 2.44. The van der Waals surface area contributed by atoms with Crippen LogP contribution in [0.2, 0.25) is 0 Å². The first kappa shape index (κ1) is 21.5. The van der Waals surface area contributed by atoms with Gasteiger partial charge in [-0.05, 0) is 38.5 Å². The van der Waals surface area contributed by atoms with Gasteiger partial charge in [0.2, 0.25) is 0 Å². The van der Waals surface area contributed by atoms with Crippen LogP contribution in [0.3, 0.4) is 0 Å². The lowest BCUT2D eigenvalue weighted by Crippen LogP contribution is -2.19. The van der Waals surface area contributed by atoms with Crippen LogP contribution < -0.4 is 0 Å². The Morgan fingerprint density at radius 2 is 1.15 bits per heavy atom. The highest BCUT2D eigenvalue weighted by molar-refractivity contribution is 7.96. The molecule has 0 aromatic heterocycles. The van der Waals surface area contributed by atoms with Crippen molar-refractivity contribution in [1.29, 1.82) is 0 Å². The Hall–Kier alpha value is -1.77. The van der Waals surface area contributed by atoms with Crippen LogP contribution in [0.1, 0.15) is 5.56 Å².